The molecule has 2 aromatic carbocycles. The van der Waals surface area contributed by atoms with Crippen molar-refractivity contribution in [2.24, 2.45) is 0 Å². The van der Waals surface area contributed by atoms with E-state index in [-0.39, 0.29) is 11.6 Å². The lowest BCUT2D eigenvalue weighted by molar-refractivity contribution is -0.384. The van der Waals surface area contributed by atoms with Gasteiger partial charge in [0.15, 0.2) is 16.6 Å². The number of aromatic nitrogens is 1. The van der Waals surface area contributed by atoms with Crippen LogP contribution in [0.3, 0.4) is 0 Å². The van der Waals surface area contributed by atoms with Crippen molar-refractivity contribution >= 4 is 34.1 Å². The van der Waals surface area contributed by atoms with E-state index in [0.717, 1.165) is 24.8 Å². The molecule has 0 atom stereocenters. The third kappa shape index (κ3) is 6.88. The van der Waals surface area contributed by atoms with E-state index >= 15 is 0 Å². The van der Waals surface area contributed by atoms with Gasteiger partial charge in [-0.1, -0.05) is 38.0 Å². The summed E-state index contributed by atoms with van der Waals surface area (Å²) < 4.78 is 11.2. The van der Waals surface area contributed by atoms with Crippen molar-refractivity contribution in [3.8, 4) is 22.8 Å². The first-order valence-corrected chi connectivity index (χ1v) is 11.4. The van der Waals surface area contributed by atoms with Crippen molar-refractivity contribution in [2.45, 2.75) is 26.2 Å². The quantitative estimate of drug-likeness (QED) is 0.162. The lowest BCUT2D eigenvalue weighted by atomic mass is 10.1. The second-order valence-electron chi connectivity index (χ2n) is 7.13. The molecule has 0 aliphatic carbocycles. The van der Waals surface area contributed by atoms with E-state index < -0.39 is 4.92 Å². The fourth-order valence-corrected chi connectivity index (χ4v) is 3.73. The number of amides is 1. The Morgan fingerprint density at radius 2 is 2.06 bits per heavy atom. The van der Waals surface area contributed by atoms with Gasteiger partial charge in [-0.15, -0.1) is 11.3 Å². The maximum Gasteiger partial charge on any atom is 0.270 e. The van der Waals surface area contributed by atoms with Crippen molar-refractivity contribution in [1.82, 2.24) is 4.98 Å². The van der Waals surface area contributed by atoms with E-state index in [4.69, 9.17) is 9.47 Å². The number of rotatable bonds is 11. The number of nitro benzene ring substituents is 1. The van der Waals surface area contributed by atoms with Gasteiger partial charge in [0.25, 0.3) is 5.69 Å². The SMILES string of the molecule is CCCCCOc1ccc(/C=C/C(=O)Nc2nc(-c3cccc([N+](=O)[O-])c3)cs2)cc1OC. The highest BCUT2D eigenvalue weighted by molar-refractivity contribution is 7.14. The van der Waals surface area contributed by atoms with Gasteiger partial charge in [-0.3, -0.25) is 20.2 Å². The first kappa shape index (κ1) is 23.9. The molecule has 0 spiro atoms. The number of carbonyl (C=O) groups excluding carboxylic acids is 1. The summed E-state index contributed by atoms with van der Waals surface area (Å²) in [5.41, 5.74) is 1.95. The zero-order valence-corrected chi connectivity index (χ0v) is 19.3. The highest BCUT2D eigenvalue weighted by Gasteiger charge is 2.11. The second-order valence-corrected chi connectivity index (χ2v) is 7.99. The van der Waals surface area contributed by atoms with Crippen LogP contribution in [0.15, 0.2) is 53.9 Å². The van der Waals surface area contributed by atoms with Crippen LogP contribution in [0.4, 0.5) is 10.8 Å². The van der Waals surface area contributed by atoms with Crippen molar-refractivity contribution in [3.05, 3.63) is 69.6 Å². The number of nitrogens with one attached hydrogen (secondary N) is 1. The molecule has 0 aliphatic rings. The van der Waals surface area contributed by atoms with E-state index in [9.17, 15) is 14.9 Å². The van der Waals surface area contributed by atoms with Crippen molar-refractivity contribution in [3.63, 3.8) is 0 Å². The Morgan fingerprint density at radius 3 is 2.82 bits per heavy atom. The van der Waals surface area contributed by atoms with Crippen LogP contribution in [0.5, 0.6) is 11.5 Å². The summed E-state index contributed by atoms with van der Waals surface area (Å²) in [5.74, 6) is 0.941. The average Bonchev–Trinajstić information content (AvgIpc) is 3.29. The molecule has 8 nitrogen and oxygen atoms in total. The molecular formula is C24H25N3O5S. The molecule has 0 aliphatic heterocycles. The lowest BCUT2D eigenvalue weighted by Gasteiger charge is -2.11. The number of carbonyl (C=O) groups is 1. The van der Waals surface area contributed by atoms with Gasteiger partial charge in [0.05, 0.1) is 24.3 Å². The number of unbranched alkanes of at least 4 members (excludes halogenated alkanes) is 2. The van der Waals surface area contributed by atoms with Gasteiger partial charge < -0.3 is 9.47 Å². The molecule has 0 unspecified atom stereocenters. The number of benzene rings is 2. The molecule has 0 saturated carbocycles. The predicted molar refractivity (Wildman–Crippen MR) is 130 cm³/mol. The van der Waals surface area contributed by atoms with E-state index in [0.29, 0.717) is 34.5 Å². The third-order valence-electron chi connectivity index (χ3n) is 4.71. The molecule has 1 amide bonds. The maximum atomic E-state index is 12.3. The number of ether oxygens (including phenoxy) is 2. The molecule has 0 saturated heterocycles. The summed E-state index contributed by atoms with van der Waals surface area (Å²) in [4.78, 5) is 27.2. The predicted octanol–water partition coefficient (Wildman–Crippen LogP) is 5.95. The number of hydrogen-bond donors (Lipinski definition) is 1. The molecule has 1 aromatic heterocycles. The molecule has 1 heterocycles. The van der Waals surface area contributed by atoms with Crippen LogP contribution in [0.25, 0.3) is 17.3 Å². The number of methoxy groups -OCH3 is 1. The minimum Gasteiger partial charge on any atom is -0.493 e. The number of hydrogen-bond acceptors (Lipinski definition) is 7. The highest BCUT2D eigenvalue weighted by Crippen LogP contribution is 2.29. The minimum atomic E-state index is -0.455. The molecule has 1 N–H and O–H groups in total. The Bertz CT molecular complexity index is 1140. The van der Waals surface area contributed by atoms with Gasteiger partial charge in [0.1, 0.15) is 0 Å². The monoisotopic (exact) mass is 467 g/mol. The van der Waals surface area contributed by atoms with Crippen LogP contribution in [0.2, 0.25) is 0 Å². The van der Waals surface area contributed by atoms with Gasteiger partial charge >= 0.3 is 0 Å². The Kier molecular flexibility index (Phi) is 8.54. The number of anilines is 1. The molecule has 0 bridgehead atoms. The summed E-state index contributed by atoms with van der Waals surface area (Å²) in [5, 5.41) is 15.8. The van der Waals surface area contributed by atoms with E-state index in [2.05, 4.69) is 17.2 Å². The summed E-state index contributed by atoms with van der Waals surface area (Å²) in [7, 11) is 1.58. The van der Waals surface area contributed by atoms with Crippen molar-refractivity contribution in [2.75, 3.05) is 19.0 Å². The van der Waals surface area contributed by atoms with Crippen molar-refractivity contribution in [1.29, 1.82) is 0 Å². The number of nitrogens with zero attached hydrogens (tertiary/aromatic N) is 2. The second kappa shape index (κ2) is 11.8. The molecular weight excluding hydrogens is 442 g/mol. The first-order chi connectivity index (χ1) is 16.0. The average molecular weight is 468 g/mol. The molecule has 0 radical (unpaired) electrons. The topological polar surface area (TPSA) is 104 Å². The van der Waals surface area contributed by atoms with Crippen LogP contribution in [0.1, 0.15) is 31.7 Å². The van der Waals surface area contributed by atoms with Crippen LogP contribution >= 0.6 is 11.3 Å². The maximum absolute atomic E-state index is 12.3. The van der Waals surface area contributed by atoms with Gasteiger partial charge in [-0.25, -0.2) is 4.98 Å². The number of non-ortho nitro benzene ring substituents is 1. The molecule has 33 heavy (non-hydrogen) atoms. The highest BCUT2D eigenvalue weighted by atomic mass is 32.1. The van der Waals surface area contributed by atoms with Gasteiger partial charge in [0.2, 0.25) is 5.91 Å². The van der Waals surface area contributed by atoms with E-state index in [1.54, 1.807) is 30.7 Å². The first-order valence-electron chi connectivity index (χ1n) is 10.5. The van der Waals surface area contributed by atoms with Crippen LogP contribution < -0.4 is 14.8 Å². The van der Waals surface area contributed by atoms with Crippen LogP contribution in [-0.2, 0) is 4.79 Å². The summed E-state index contributed by atoms with van der Waals surface area (Å²) in [6.45, 7) is 2.77. The fourth-order valence-electron chi connectivity index (χ4n) is 3.00. The van der Waals surface area contributed by atoms with Crippen LogP contribution in [-0.4, -0.2) is 29.5 Å². The normalized spacial score (nSPS) is 10.8. The third-order valence-corrected chi connectivity index (χ3v) is 5.47. The van der Waals surface area contributed by atoms with E-state index in [1.807, 2.05) is 18.2 Å². The summed E-state index contributed by atoms with van der Waals surface area (Å²) in [6.07, 6.45) is 6.31. The van der Waals surface area contributed by atoms with Crippen molar-refractivity contribution < 1.29 is 19.2 Å². The Labute approximate surface area is 196 Å². The Morgan fingerprint density at radius 1 is 1.21 bits per heavy atom. The number of nitro groups is 1. The molecule has 0 fully saturated rings. The lowest BCUT2D eigenvalue weighted by Crippen LogP contribution is -2.07. The number of thiazole rings is 1. The van der Waals surface area contributed by atoms with Crippen LogP contribution in [0, 0.1) is 10.1 Å². The standard InChI is InChI=1S/C24H25N3O5S/c1-3-4-5-13-32-21-11-9-17(14-22(21)31-2)10-12-23(28)26-24-25-20(16-33-24)18-7-6-8-19(15-18)27(29)30/h6-12,14-16H,3-5,13H2,1-2H3,(H,25,26,28)/b12-10+. The summed E-state index contributed by atoms with van der Waals surface area (Å²) in [6, 6.07) is 11.7. The molecule has 9 heteroatoms. The fraction of sp³-hybridized carbons (Fsp3) is 0.250. The van der Waals surface area contributed by atoms with Gasteiger partial charge in [0, 0.05) is 29.2 Å². The smallest absolute Gasteiger partial charge is 0.270 e. The zero-order valence-electron chi connectivity index (χ0n) is 18.4. The Hall–Kier alpha value is -3.72. The van der Waals surface area contributed by atoms with Gasteiger partial charge in [-0.2, -0.15) is 0 Å². The van der Waals surface area contributed by atoms with Gasteiger partial charge in [-0.05, 0) is 30.2 Å². The molecule has 172 valence electrons. The Balaban J connectivity index is 1.61. The molecule has 3 aromatic rings. The largest absolute Gasteiger partial charge is 0.493 e. The molecule has 3 rings (SSSR count). The van der Waals surface area contributed by atoms with E-state index in [1.165, 1.54) is 29.5 Å². The zero-order chi connectivity index (χ0) is 23.6. The minimum absolute atomic E-state index is 0.0122. The summed E-state index contributed by atoms with van der Waals surface area (Å²) >= 11 is 1.24.